The normalized spacial score (nSPS) is 10.4. The minimum atomic E-state index is -0.890. The topological polar surface area (TPSA) is 50.2 Å². The van der Waals surface area contributed by atoms with Crippen LogP contribution in [0.25, 0.3) is 0 Å². The van der Waals surface area contributed by atoms with Gasteiger partial charge in [-0.15, -0.1) is 0 Å². The Morgan fingerprint density at radius 1 is 1.11 bits per heavy atom. The second-order valence-corrected chi connectivity index (χ2v) is 4.51. The molecule has 0 unspecified atom stereocenters. The van der Waals surface area contributed by atoms with Gasteiger partial charge < -0.3 is 5.11 Å². The molecule has 3 heteroatoms. The SMILES string of the molecule is CCc1ccc(CCc2cnccc2C(=O)O)cc1. The van der Waals surface area contributed by atoms with Crippen LogP contribution in [-0.2, 0) is 19.3 Å². The molecule has 1 heterocycles. The van der Waals surface area contributed by atoms with Crippen LogP contribution in [0, 0.1) is 0 Å². The number of aromatic carboxylic acids is 1. The van der Waals surface area contributed by atoms with Crippen LogP contribution in [0.1, 0.15) is 34.0 Å². The first-order valence-electron chi connectivity index (χ1n) is 6.44. The molecule has 0 radical (unpaired) electrons. The quantitative estimate of drug-likeness (QED) is 0.893. The second kappa shape index (κ2) is 6.14. The predicted octanol–water partition coefficient (Wildman–Crippen LogP) is 3.13. The van der Waals surface area contributed by atoms with E-state index in [9.17, 15) is 4.79 Å². The third kappa shape index (κ3) is 3.41. The maximum Gasteiger partial charge on any atom is 0.336 e. The molecule has 2 rings (SSSR count). The van der Waals surface area contributed by atoms with Crippen LogP contribution >= 0.6 is 0 Å². The summed E-state index contributed by atoms with van der Waals surface area (Å²) in [6.45, 7) is 2.13. The standard InChI is InChI=1S/C16H17NO2/c1-2-12-3-5-13(6-4-12)7-8-14-11-17-10-9-15(14)16(18)19/h3-6,9-11H,2,7-8H2,1H3,(H,18,19). The van der Waals surface area contributed by atoms with Crippen molar-refractivity contribution in [2.24, 2.45) is 0 Å². The summed E-state index contributed by atoms with van der Waals surface area (Å²) in [7, 11) is 0. The molecule has 2 aromatic rings. The van der Waals surface area contributed by atoms with Gasteiger partial charge in [0.25, 0.3) is 0 Å². The van der Waals surface area contributed by atoms with E-state index >= 15 is 0 Å². The lowest BCUT2D eigenvalue weighted by molar-refractivity contribution is 0.0695. The van der Waals surface area contributed by atoms with Crippen LogP contribution in [0.5, 0.6) is 0 Å². The molecule has 3 nitrogen and oxygen atoms in total. The average molecular weight is 255 g/mol. The minimum absolute atomic E-state index is 0.347. The van der Waals surface area contributed by atoms with Crippen molar-refractivity contribution in [3.05, 3.63) is 65.0 Å². The molecule has 0 saturated carbocycles. The molecule has 1 aromatic heterocycles. The van der Waals surface area contributed by atoms with Crippen LogP contribution in [-0.4, -0.2) is 16.1 Å². The van der Waals surface area contributed by atoms with Crippen molar-refractivity contribution in [3.8, 4) is 0 Å². The zero-order valence-electron chi connectivity index (χ0n) is 11.0. The van der Waals surface area contributed by atoms with Gasteiger partial charge in [0.1, 0.15) is 0 Å². The van der Waals surface area contributed by atoms with Gasteiger partial charge in [0.15, 0.2) is 0 Å². The molecular weight excluding hydrogens is 238 g/mol. The van der Waals surface area contributed by atoms with E-state index in [0.717, 1.165) is 18.4 Å². The maximum absolute atomic E-state index is 11.1. The van der Waals surface area contributed by atoms with Crippen LogP contribution in [0.2, 0.25) is 0 Å². The summed E-state index contributed by atoms with van der Waals surface area (Å²) < 4.78 is 0. The molecule has 0 spiro atoms. The molecule has 0 saturated heterocycles. The smallest absolute Gasteiger partial charge is 0.336 e. The lowest BCUT2D eigenvalue weighted by Gasteiger charge is -2.06. The number of rotatable bonds is 5. The van der Waals surface area contributed by atoms with Crippen molar-refractivity contribution < 1.29 is 9.90 Å². The fraction of sp³-hybridized carbons (Fsp3) is 0.250. The van der Waals surface area contributed by atoms with E-state index in [4.69, 9.17) is 5.11 Å². The fourth-order valence-corrected chi connectivity index (χ4v) is 2.06. The third-order valence-electron chi connectivity index (χ3n) is 3.25. The number of aryl methyl sites for hydroxylation is 3. The van der Waals surface area contributed by atoms with Gasteiger partial charge >= 0.3 is 5.97 Å². The van der Waals surface area contributed by atoms with E-state index in [1.54, 1.807) is 12.3 Å². The van der Waals surface area contributed by atoms with Gasteiger partial charge in [0.05, 0.1) is 5.56 Å². The van der Waals surface area contributed by atoms with E-state index in [1.165, 1.54) is 17.3 Å². The van der Waals surface area contributed by atoms with Crippen molar-refractivity contribution in [1.82, 2.24) is 4.98 Å². The number of carboxylic acids is 1. The zero-order chi connectivity index (χ0) is 13.7. The van der Waals surface area contributed by atoms with Crippen molar-refractivity contribution in [2.75, 3.05) is 0 Å². The van der Waals surface area contributed by atoms with E-state index < -0.39 is 5.97 Å². The van der Waals surface area contributed by atoms with Crippen molar-refractivity contribution in [2.45, 2.75) is 26.2 Å². The Balaban J connectivity index is 2.07. The van der Waals surface area contributed by atoms with Gasteiger partial charge in [-0.05, 0) is 42.0 Å². The highest BCUT2D eigenvalue weighted by molar-refractivity contribution is 5.89. The molecule has 0 fully saturated rings. The average Bonchev–Trinajstić information content (AvgIpc) is 2.46. The molecule has 0 aliphatic carbocycles. The fourth-order valence-electron chi connectivity index (χ4n) is 2.06. The number of aromatic nitrogens is 1. The predicted molar refractivity (Wildman–Crippen MR) is 74.4 cm³/mol. The molecule has 1 N–H and O–H groups in total. The second-order valence-electron chi connectivity index (χ2n) is 4.51. The number of carboxylic acid groups (broad SMARTS) is 1. The molecule has 0 atom stereocenters. The Kier molecular flexibility index (Phi) is 4.29. The minimum Gasteiger partial charge on any atom is -0.478 e. The van der Waals surface area contributed by atoms with Gasteiger partial charge in [-0.25, -0.2) is 4.79 Å². The molecule has 0 aliphatic rings. The van der Waals surface area contributed by atoms with E-state index in [2.05, 4.69) is 36.2 Å². The summed E-state index contributed by atoms with van der Waals surface area (Å²) in [5.41, 5.74) is 3.67. The van der Waals surface area contributed by atoms with E-state index in [1.807, 2.05) is 0 Å². The molecule has 1 aromatic carbocycles. The molecule has 0 aliphatic heterocycles. The van der Waals surface area contributed by atoms with Gasteiger partial charge in [0, 0.05) is 12.4 Å². The van der Waals surface area contributed by atoms with Crippen molar-refractivity contribution >= 4 is 5.97 Å². The number of benzene rings is 1. The number of nitrogens with zero attached hydrogens (tertiary/aromatic N) is 1. The summed E-state index contributed by atoms with van der Waals surface area (Å²) in [4.78, 5) is 15.1. The number of hydrogen-bond acceptors (Lipinski definition) is 2. The molecule has 0 bridgehead atoms. The number of carbonyl (C=O) groups is 1. The summed E-state index contributed by atoms with van der Waals surface area (Å²) in [5.74, 6) is -0.890. The number of pyridine rings is 1. The largest absolute Gasteiger partial charge is 0.478 e. The van der Waals surface area contributed by atoms with Gasteiger partial charge in [-0.2, -0.15) is 0 Å². The number of hydrogen-bond donors (Lipinski definition) is 1. The molecule has 98 valence electrons. The third-order valence-corrected chi connectivity index (χ3v) is 3.25. The first-order valence-corrected chi connectivity index (χ1v) is 6.44. The Morgan fingerprint density at radius 3 is 2.42 bits per heavy atom. The van der Waals surface area contributed by atoms with E-state index in [-0.39, 0.29) is 0 Å². The van der Waals surface area contributed by atoms with E-state index in [0.29, 0.717) is 12.0 Å². The van der Waals surface area contributed by atoms with Crippen LogP contribution in [0.15, 0.2) is 42.7 Å². The Bertz CT molecular complexity index is 561. The Morgan fingerprint density at radius 2 is 1.79 bits per heavy atom. The zero-order valence-corrected chi connectivity index (χ0v) is 11.0. The van der Waals surface area contributed by atoms with Gasteiger partial charge in [-0.3, -0.25) is 4.98 Å². The maximum atomic E-state index is 11.1. The summed E-state index contributed by atoms with van der Waals surface area (Å²) in [6, 6.07) is 10.0. The summed E-state index contributed by atoms with van der Waals surface area (Å²) >= 11 is 0. The first-order chi connectivity index (χ1) is 9.20. The van der Waals surface area contributed by atoms with Gasteiger partial charge in [-0.1, -0.05) is 31.2 Å². The highest BCUT2D eigenvalue weighted by Crippen LogP contribution is 2.12. The van der Waals surface area contributed by atoms with Gasteiger partial charge in [0.2, 0.25) is 0 Å². The highest BCUT2D eigenvalue weighted by Gasteiger charge is 2.09. The lowest BCUT2D eigenvalue weighted by atomic mass is 10.0. The monoisotopic (exact) mass is 255 g/mol. The lowest BCUT2D eigenvalue weighted by Crippen LogP contribution is -2.04. The van der Waals surface area contributed by atoms with Crippen LogP contribution in [0.3, 0.4) is 0 Å². The van der Waals surface area contributed by atoms with Crippen LogP contribution < -0.4 is 0 Å². The molecular formula is C16H17NO2. The summed E-state index contributed by atoms with van der Waals surface area (Å²) in [5, 5.41) is 9.10. The molecule has 0 amide bonds. The van der Waals surface area contributed by atoms with Crippen molar-refractivity contribution in [1.29, 1.82) is 0 Å². The Labute approximate surface area is 112 Å². The summed E-state index contributed by atoms with van der Waals surface area (Å²) in [6.07, 6.45) is 5.72. The van der Waals surface area contributed by atoms with Crippen molar-refractivity contribution in [3.63, 3.8) is 0 Å². The van der Waals surface area contributed by atoms with Crippen LogP contribution in [0.4, 0.5) is 0 Å². The highest BCUT2D eigenvalue weighted by atomic mass is 16.4. The molecule has 19 heavy (non-hydrogen) atoms. The Hall–Kier alpha value is -2.16. The first kappa shape index (κ1) is 13.3.